The highest BCUT2D eigenvalue weighted by molar-refractivity contribution is 7.99. The quantitative estimate of drug-likeness (QED) is 0.307. The molecule has 0 fully saturated rings. The fraction of sp³-hybridized carbons (Fsp3) is 0.350. The molecule has 0 radical (unpaired) electrons. The molecule has 32 heavy (non-hydrogen) atoms. The second-order valence-corrected chi connectivity index (χ2v) is 8.76. The number of hydrogen-bond donors (Lipinski definition) is 1. The molecule has 0 unspecified atom stereocenters. The number of ether oxygens (including phenoxy) is 1. The Labute approximate surface area is 192 Å². The van der Waals surface area contributed by atoms with E-state index in [4.69, 9.17) is 16.3 Å². The van der Waals surface area contributed by atoms with Crippen LogP contribution in [0.25, 0.3) is 11.2 Å². The number of hydrogen-bond acceptors (Lipinski definition) is 7. The van der Waals surface area contributed by atoms with Crippen molar-refractivity contribution >= 4 is 34.5 Å². The maximum atomic E-state index is 12.7. The Bertz CT molecular complexity index is 1390. The van der Waals surface area contributed by atoms with Gasteiger partial charge in [0.05, 0.1) is 6.33 Å². The number of nitrogens with one attached hydrogen (secondary N) is 1. The second-order valence-electron chi connectivity index (χ2n) is 7.29. The highest BCUT2D eigenvalue weighted by Crippen LogP contribution is 2.22. The van der Waals surface area contributed by atoms with Gasteiger partial charge < -0.3 is 9.30 Å². The fourth-order valence-electron chi connectivity index (χ4n) is 3.25. The van der Waals surface area contributed by atoms with E-state index < -0.39 is 0 Å². The van der Waals surface area contributed by atoms with Crippen molar-refractivity contribution in [3.8, 4) is 5.75 Å². The normalized spacial score (nSPS) is 11.4. The first-order valence-electron chi connectivity index (χ1n) is 9.89. The topological polar surface area (TPSA) is 113 Å². The molecule has 12 heteroatoms. The number of benzene rings is 1. The molecule has 0 saturated heterocycles. The molecule has 10 nitrogen and oxygen atoms in total. The van der Waals surface area contributed by atoms with Crippen LogP contribution < -0.4 is 16.0 Å². The summed E-state index contributed by atoms with van der Waals surface area (Å²) in [7, 11) is 3.35. The van der Waals surface area contributed by atoms with E-state index in [2.05, 4.69) is 20.2 Å². The third-order valence-corrected chi connectivity index (χ3v) is 6.33. The second kappa shape index (κ2) is 9.21. The number of fused-ring (bicyclic) bond motifs is 1. The van der Waals surface area contributed by atoms with Crippen LogP contribution in [0, 0.1) is 6.92 Å². The first-order chi connectivity index (χ1) is 15.3. The Hall–Kier alpha value is -3.05. The zero-order chi connectivity index (χ0) is 22.8. The van der Waals surface area contributed by atoms with Crippen molar-refractivity contribution in [2.24, 2.45) is 14.1 Å². The van der Waals surface area contributed by atoms with Gasteiger partial charge in [-0.1, -0.05) is 23.4 Å². The van der Waals surface area contributed by atoms with Crippen LogP contribution in [0.2, 0.25) is 5.02 Å². The van der Waals surface area contributed by atoms with Gasteiger partial charge in [0, 0.05) is 31.4 Å². The van der Waals surface area contributed by atoms with Crippen molar-refractivity contribution in [2.75, 3.05) is 5.75 Å². The summed E-state index contributed by atoms with van der Waals surface area (Å²) < 4.78 is 9.99. The monoisotopic (exact) mass is 475 g/mol. The number of halogens is 1. The van der Waals surface area contributed by atoms with Gasteiger partial charge in [-0.3, -0.25) is 19.0 Å². The number of aromatic amines is 1. The lowest BCUT2D eigenvalue weighted by Gasteiger charge is -2.08. The van der Waals surface area contributed by atoms with Crippen LogP contribution >= 0.6 is 23.4 Å². The number of aromatic nitrogens is 7. The molecule has 0 aliphatic rings. The van der Waals surface area contributed by atoms with Crippen LogP contribution in [-0.4, -0.2) is 39.6 Å². The Morgan fingerprint density at radius 1 is 1.25 bits per heavy atom. The lowest BCUT2D eigenvalue weighted by molar-refractivity contribution is 0.296. The number of rotatable bonds is 8. The van der Waals surface area contributed by atoms with Gasteiger partial charge in [0.25, 0.3) is 5.56 Å². The third-order valence-electron chi connectivity index (χ3n) is 4.97. The molecule has 0 bridgehead atoms. The molecule has 168 valence electrons. The first kappa shape index (κ1) is 22.2. The molecule has 0 spiro atoms. The van der Waals surface area contributed by atoms with Crippen LogP contribution in [0.4, 0.5) is 0 Å². The highest BCUT2D eigenvalue weighted by Gasteiger charge is 2.14. The first-order valence-corrected chi connectivity index (χ1v) is 11.3. The molecule has 0 saturated carbocycles. The average Bonchev–Trinajstić information content (AvgIpc) is 3.39. The molecular formula is C20H22ClN7O3S. The molecule has 1 aromatic carbocycles. The summed E-state index contributed by atoms with van der Waals surface area (Å²) in [6, 6.07) is 5.46. The van der Waals surface area contributed by atoms with Gasteiger partial charge in [-0.25, -0.2) is 14.8 Å². The highest BCUT2D eigenvalue weighted by atomic mass is 35.5. The van der Waals surface area contributed by atoms with Gasteiger partial charge in [0.1, 0.15) is 12.4 Å². The molecule has 0 aliphatic carbocycles. The van der Waals surface area contributed by atoms with Crippen molar-refractivity contribution < 1.29 is 4.74 Å². The Balaban J connectivity index is 1.33. The summed E-state index contributed by atoms with van der Waals surface area (Å²) >= 11 is 7.47. The predicted molar refractivity (Wildman–Crippen MR) is 122 cm³/mol. The van der Waals surface area contributed by atoms with Gasteiger partial charge in [0.2, 0.25) is 5.16 Å². The summed E-state index contributed by atoms with van der Waals surface area (Å²) in [6.45, 7) is 2.47. The van der Waals surface area contributed by atoms with Crippen molar-refractivity contribution in [3.05, 3.63) is 61.8 Å². The lowest BCUT2D eigenvalue weighted by Crippen LogP contribution is -2.39. The number of aryl methyl sites for hydroxylation is 3. The summed E-state index contributed by atoms with van der Waals surface area (Å²) in [5.74, 6) is 1.95. The maximum absolute atomic E-state index is 12.7. The van der Waals surface area contributed by atoms with E-state index in [1.54, 1.807) is 30.8 Å². The minimum atomic E-state index is -0.374. The maximum Gasteiger partial charge on any atom is 0.332 e. The van der Waals surface area contributed by atoms with E-state index in [-0.39, 0.29) is 17.9 Å². The van der Waals surface area contributed by atoms with E-state index in [1.807, 2.05) is 13.0 Å². The predicted octanol–water partition coefficient (Wildman–Crippen LogP) is 2.28. The van der Waals surface area contributed by atoms with Crippen LogP contribution in [0.5, 0.6) is 5.75 Å². The van der Waals surface area contributed by atoms with Crippen LogP contribution in [-0.2, 0) is 27.2 Å². The minimum absolute atomic E-state index is 0.255. The summed E-state index contributed by atoms with van der Waals surface area (Å²) in [5.41, 5.74) is 1.03. The molecule has 3 heterocycles. The van der Waals surface area contributed by atoms with Crippen molar-refractivity contribution in [1.29, 1.82) is 0 Å². The van der Waals surface area contributed by atoms with Gasteiger partial charge in [-0.2, -0.15) is 0 Å². The molecule has 4 rings (SSSR count). The van der Waals surface area contributed by atoms with E-state index in [1.165, 1.54) is 27.2 Å². The standard InChI is InChI=1S/C20H22ClN7O3S/c1-12-9-13(5-6-14(12)21)31-10-15-23-19(25-24-15)32-8-4-7-28-18(29)16-17(22-11-26(16)2)27(3)20(28)30/h5-6,9,11H,4,7-8,10H2,1-3H3,(H,23,24,25). The lowest BCUT2D eigenvalue weighted by atomic mass is 10.2. The number of imidazole rings is 1. The Morgan fingerprint density at radius 3 is 2.84 bits per heavy atom. The fourth-order valence-corrected chi connectivity index (χ4v) is 4.10. The van der Waals surface area contributed by atoms with Crippen molar-refractivity contribution in [2.45, 2.75) is 31.7 Å². The summed E-state index contributed by atoms with van der Waals surface area (Å²) in [6.07, 6.45) is 2.14. The van der Waals surface area contributed by atoms with Crippen molar-refractivity contribution in [1.82, 2.24) is 33.9 Å². The smallest absolute Gasteiger partial charge is 0.332 e. The molecule has 0 atom stereocenters. The third kappa shape index (κ3) is 4.44. The molecule has 0 amide bonds. The van der Waals surface area contributed by atoms with E-state index in [0.29, 0.717) is 51.6 Å². The number of thioether (sulfide) groups is 1. The van der Waals surface area contributed by atoms with E-state index in [0.717, 1.165) is 5.56 Å². The zero-order valence-corrected chi connectivity index (χ0v) is 19.4. The van der Waals surface area contributed by atoms with Crippen LogP contribution in [0.15, 0.2) is 39.3 Å². The number of H-pyrrole nitrogens is 1. The van der Waals surface area contributed by atoms with E-state index >= 15 is 0 Å². The molecule has 3 aromatic heterocycles. The molecular weight excluding hydrogens is 454 g/mol. The largest absolute Gasteiger partial charge is 0.486 e. The van der Waals surface area contributed by atoms with E-state index in [9.17, 15) is 9.59 Å². The zero-order valence-electron chi connectivity index (χ0n) is 17.8. The summed E-state index contributed by atoms with van der Waals surface area (Å²) in [5, 5.41) is 8.31. The molecule has 1 N–H and O–H groups in total. The Kier molecular flexibility index (Phi) is 6.38. The van der Waals surface area contributed by atoms with Crippen LogP contribution in [0.3, 0.4) is 0 Å². The van der Waals surface area contributed by atoms with Gasteiger partial charge in [-0.05, 0) is 37.1 Å². The minimum Gasteiger partial charge on any atom is -0.486 e. The van der Waals surface area contributed by atoms with Gasteiger partial charge in [-0.15, -0.1) is 5.10 Å². The molecule has 0 aliphatic heterocycles. The average molecular weight is 476 g/mol. The van der Waals surface area contributed by atoms with Crippen LogP contribution in [0.1, 0.15) is 17.8 Å². The SMILES string of the molecule is Cc1cc(OCc2nc(SCCCn3c(=O)c4c(ncn4C)n(C)c3=O)n[nH]2)ccc1Cl. The summed E-state index contributed by atoms with van der Waals surface area (Å²) in [4.78, 5) is 33.8. The van der Waals surface area contributed by atoms with Gasteiger partial charge >= 0.3 is 5.69 Å². The van der Waals surface area contributed by atoms with Crippen molar-refractivity contribution in [3.63, 3.8) is 0 Å². The van der Waals surface area contributed by atoms with Gasteiger partial charge in [0.15, 0.2) is 17.0 Å². The Morgan fingerprint density at radius 2 is 2.06 bits per heavy atom. The number of nitrogens with zero attached hydrogens (tertiary/aromatic N) is 6. The molecule has 4 aromatic rings.